The summed E-state index contributed by atoms with van der Waals surface area (Å²) in [5.41, 5.74) is 9.39. The monoisotopic (exact) mass is 271 g/mol. The first kappa shape index (κ1) is 12.4. The molecule has 0 saturated heterocycles. The molecule has 0 radical (unpaired) electrons. The summed E-state index contributed by atoms with van der Waals surface area (Å²) in [6, 6.07) is 8.43. The van der Waals surface area contributed by atoms with Crippen molar-refractivity contribution in [3.05, 3.63) is 52.1 Å². The first-order valence-electron chi connectivity index (χ1n) is 6.52. The van der Waals surface area contributed by atoms with Crippen molar-refractivity contribution >= 4 is 22.2 Å². The first-order chi connectivity index (χ1) is 9.31. The Morgan fingerprint density at radius 3 is 2.95 bits per heavy atom. The Morgan fingerprint density at radius 2 is 2.21 bits per heavy atom. The second kappa shape index (κ2) is 5.15. The highest BCUT2D eigenvalue weighted by Crippen LogP contribution is 2.21. The van der Waals surface area contributed by atoms with Crippen LogP contribution in [0.15, 0.2) is 35.8 Å². The molecule has 0 atom stereocenters. The van der Waals surface area contributed by atoms with E-state index in [2.05, 4.69) is 52.3 Å². The van der Waals surface area contributed by atoms with Gasteiger partial charge in [-0.3, -0.25) is 0 Å². The molecule has 0 spiro atoms. The average Bonchev–Trinajstić information content (AvgIpc) is 3.06. The number of aromatic nitrogens is 2. The molecule has 0 fully saturated rings. The van der Waals surface area contributed by atoms with Gasteiger partial charge in [-0.25, -0.2) is 4.98 Å². The van der Waals surface area contributed by atoms with Gasteiger partial charge >= 0.3 is 0 Å². The SMILES string of the molecule is CCc1nc(Cn2ccc3cccc(CN)c32)cs1. The molecule has 0 bridgehead atoms. The van der Waals surface area contributed by atoms with E-state index in [0.717, 1.165) is 18.7 Å². The summed E-state index contributed by atoms with van der Waals surface area (Å²) in [5, 5.41) is 4.59. The van der Waals surface area contributed by atoms with Gasteiger partial charge in [0.1, 0.15) is 0 Å². The zero-order chi connectivity index (χ0) is 13.2. The van der Waals surface area contributed by atoms with Crippen LogP contribution in [0, 0.1) is 0 Å². The van der Waals surface area contributed by atoms with Gasteiger partial charge in [0.25, 0.3) is 0 Å². The highest BCUT2D eigenvalue weighted by Gasteiger charge is 2.07. The number of rotatable bonds is 4. The molecular weight excluding hydrogens is 254 g/mol. The molecule has 2 N–H and O–H groups in total. The third-order valence-electron chi connectivity index (χ3n) is 3.33. The van der Waals surface area contributed by atoms with Crippen molar-refractivity contribution < 1.29 is 0 Å². The molecule has 19 heavy (non-hydrogen) atoms. The number of fused-ring (bicyclic) bond motifs is 1. The van der Waals surface area contributed by atoms with Crippen LogP contribution in [0.5, 0.6) is 0 Å². The predicted octanol–water partition coefficient (Wildman–Crippen LogP) is 3.17. The normalized spacial score (nSPS) is 11.3. The van der Waals surface area contributed by atoms with Gasteiger partial charge < -0.3 is 10.3 Å². The number of benzene rings is 1. The van der Waals surface area contributed by atoms with Gasteiger partial charge in [-0.15, -0.1) is 11.3 Å². The van der Waals surface area contributed by atoms with Crippen molar-refractivity contribution in [1.29, 1.82) is 0 Å². The summed E-state index contributed by atoms with van der Waals surface area (Å²) in [5.74, 6) is 0. The molecular formula is C15H17N3S. The molecule has 3 aromatic rings. The molecule has 0 unspecified atom stereocenters. The Morgan fingerprint density at radius 1 is 1.32 bits per heavy atom. The Hall–Kier alpha value is -1.65. The molecule has 0 aliphatic rings. The number of aryl methyl sites for hydroxylation is 1. The van der Waals surface area contributed by atoms with Crippen LogP contribution < -0.4 is 5.73 Å². The van der Waals surface area contributed by atoms with Crippen LogP contribution in [0.25, 0.3) is 10.9 Å². The first-order valence-corrected chi connectivity index (χ1v) is 7.40. The van der Waals surface area contributed by atoms with Gasteiger partial charge in [0.15, 0.2) is 0 Å². The number of nitrogens with zero attached hydrogens (tertiary/aromatic N) is 2. The molecule has 98 valence electrons. The number of nitrogens with two attached hydrogens (primary N) is 1. The van der Waals surface area contributed by atoms with Crippen molar-refractivity contribution in [3.8, 4) is 0 Å². The lowest BCUT2D eigenvalue weighted by atomic mass is 10.1. The Balaban J connectivity index is 2.00. The molecule has 3 rings (SSSR count). The minimum absolute atomic E-state index is 0.568. The average molecular weight is 271 g/mol. The third kappa shape index (κ3) is 2.29. The lowest BCUT2D eigenvalue weighted by Gasteiger charge is -2.07. The number of para-hydroxylation sites is 1. The number of hydrogen-bond donors (Lipinski definition) is 1. The minimum Gasteiger partial charge on any atom is -0.341 e. The van der Waals surface area contributed by atoms with Gasteiger partial charge in [0.2, 0.25) is 0 Å². The van der Waals surface area contributed by atoms with Crippen LogP contribution in [0.1, 0.15) is 23.2 Å². The van der Waals surface area contributed by atoms with Crippen LogP contribution in [-0.2, 0) is 19.5 Å². The molecule has 0 saturated carbocycles. The summed E-state index contributed by atoms with van der Waals surface area (Å²) >= 11 is 1.74. The van der Waals surface area contributed by atoms with Gasteiger partial charge in [-0.2, -0.15) is 0 Å². The van der Waals surface area contributed by atoms with Crippen molar-refractivity contribution in [1.82, 2.24) is 9.55 Å². The molecule has 2 aromatic heterocycles. The lowest BCUT2D eigenvalue weighted by Crippen LogP contribution is -2.03. The van der Waals surface area contributed by atoms with E-state index in [1.165, 1.54) is 21.5 Å². The molecule has 2 heterocycles. The van der Waals surface area contributed by atoms with Gasteiger partial charge in [-0.05, 0) is 23.4 Å². The topological polar surface area (TPSA) is 43.8 Å². The Kier molecular flexibility index (Phi) is 3.36. The zero-order valence-electron chi connectivity index (χ0n) is 11.0. The maximum absolute atomic E-state index is 5.84. The largest absolute Gasteiger partial charge is 0.341 e. The van der Waals surface area contributed by atoms with Crippen LogP contribution in [0.2, 0.25) is 0 Å². The fourth-order valence-corrected chi connectivity index (χ4v) is 3.13. The van der Waals surface area contributed by atoms with Crippen LogP contribution >= 0.6 is 11.3 Å². The summed E-state index contributed by atoms with van der Waals surface area (Å²) in [6.07, 6.45) is 3.12. The maximum Gasteiger partial charge on any atom is 0.0926 e. The van der Waals surface area contributed by atoms with Crippen LogP contribution in [0.3, 0.4) is 0 Å². The van der Waals surface area contributed by atoms with E-state index < -0.39 is 0 Å². The van der Waals surface area contributed by atoms with Crippen molar-refractivity contribution in [3.63, 3.8) is 0 Å². The fraction of sp³-hybridized carbons (Fsp3) is 0.267. The van der Waals surface area contributed by atoms with E-state index in [-0.39, 0.29) is 0 Å². The van der Waals surface area contributed by atoms with E-state index in [4.69, 9.17) is 5.73 Å². The maximum atomic E-state index is 5.84. The van der Waals surface area contributed by atoms with E-state index in [1.807, 2.05) is 0 Å². The van der Waals surface area contributed by atoms with Crippen molar-refractivity contribution in [2.45, 2.75) is 26.4 Å². The van der Waals surface area contributed by atoms with Gasteiger partial charge in [0.05, 0.1) is 22.8 Å². The Labute approximate surface area is 116 Å². The highest BCUT2D eigenvalue weighted by molar-refractivity contribution is 7.09. The van der Waals surface area contributed by atoms with E-state index in [1.54, 1.807) is 11.3 Å². The minimum atomic E-state index is 0.568. The van der Waals surface area contributed by atoms with E-state index >= 15 is 0 Å². The van der Waals surface area contributed by atoms with Crippen LogP contribution in [0.4, 0.5) is 0 Å². The standard InChI is InChI=1S/C15H17N3S/c1-2-14-17-13(10-19-14)9-18-7-6-11-4-3-5-12(8-16)15(11)18/h3-7,10H,2,8-9,16H2,1H3. The smallest absolute Gasteiger partial charge is 0.0926 e. The van der Waals surface area contributed by atoms with E-state index in [0.29, 0.717) is 6.54 Å². The zero-order valence-corrected chi connectivity index (χ0v) is 11.8. The molecule has 3 nitrogen and oxygen atoms in total. The second-order valence-corrected chi connectivity index (χ2v) is 5.53. The molecule has 4 heteroatoms. The predicted molar refractivity (Wildman–Crippen MR) is 80.4 cm³/mol. The number of hydrogen-bond acceptors (Lipinski definition) is 3. The van der Waals surface area contributed by atoms with Crippen LogP contribution in [-0.4, -0.2) is 9.55 Å². The van der Waals surface area contributed by atoms with Gasteiger partial charge in [0, 0.05) is 18.1 Å². The fourth-order valence-electron chi connectivity index (χ4n) is 2.40. The third-order valence-corrected chi connectivity index (χ3v) is 4.37. The second-order valence-electron chi connectivity index (χ2n) is 4.59. The summed E-state index contributed by atoms with van der Waals surface area (Å²) < 4.78 is 2.24. The molecule has 1 aromatic carbocycles. The summed E-state index contributed by atoms with van der Waals surface area (Å²) in [7, 11) is 0. The summed E-state index contributed by atoms with van der Waals surface area (Å²) in [4.78, 5) is 4.63. The highest BCUT2D eigenvalue weighted by atomic mass is 32.1. The quantitative estimate of drug-likeness (QED) is 0.792. The van der Waals surface area contributed by atoms with Crippen molar-refractivity contribution in [2.75, 3.05) is 0 Å². The van der Waals surface area contributed by atoms with Crippen molar-refractivity contribution in [2.24, 2.45) is 5.73 Å². The summed E-state index contributed by atoms with van der Waals surface area (Å²) in [6.45, 7) is 3.52. The Bertz CT molecular complexity index is 696. The molecule has 0 aliphatic carbocycles. The van der Waals surface area contributed by atoms with Gasteiger partial charge in [-0.1, -0.05) is 25.1 Å². The molecule has 0 aliphatic heterocycles. The number of thiazole rings is 1. The van der Waals surface area contributed by atoms with E-state index in [9.17, 15) is 0 Å². The molecule has 0 amide bonds. The lowest BCUT2D eigenvalue weighted by molar-refractivity contribution is 0.803.